The Hall–Kier alpha value is -0.660. The summed E-state index contributed by atoms with van der Waals surface area (Å²) in [6.07, 6.45) is 1.17. The first-order valence-electron chi connectivity index (χ1n) is 7.14. The van der Waals surface area contributed by atoms with Gasteiger partial charge in [-0.3, -0.25) is 4.79 Å². The van der Waals surface area contributed by atoms with Crippen molar-refractivity contribution in [3.8, 4) is 0 Å². The van der Waals surface area contributed by atoms with Crippen LogP contribution in [0.3, 0.4) is 0 Å². The second-order valence-electron chi connectivity index (χ2n) is 6.00. The fourth-order valence-electron chi connectivity index (χ4n) is 2.09. The Kier molecular flexibility index (Phi) is 5.97. The van der Waals surface area contributed by atoms with Crippen molar-refractivity contribution in [2.24, 2.45) is 11.8 Å². The highest BCUT2D eigenvalue weighted by Gasteiger charge is 2.32. The Balaban J connectivity index is 2.52. The van der Waals surface area contributed by atoms with Crippen LogP contribution in [0.1, 0.15) is 33.6 Å². The number of carbonyl (C=O) groups excluding carboxylic acids is 1. The molecule has 7 heteroatoms. The summed E-state index contributed by atoms with van der Waals surface area (Å²) in [7, 11) is -0.298. The number of nitrogens with one attached hydrogen (secondary N) is 1. The van der Waals surface area contributed by atoms with Crippen LogP contribution in [0.25, 0.3) is 0 Å². The molecular weight excluding hydrogens is 278 g/mol. The second-order valence-corrected chi connectivity index (χ2v) is 8.15. The number of piperidine rings is 1. The molecule has 1 aliphatic rings. The van der Waals surface area contributed by atoms with Crippen molar-refractivity contribution in [3.63, 3.8) is 0 Å². The van der Waals surface area contributed by atoms with Crippen molar-refractivity contribution < 1.29 is 13.2 Å². The average molecular weight is 305 g/mol. The molecular formula is C13H27N3O3S. The standard InChI is InChI=1S/C13H27N3O3S/c1-10(2)11(3)14-13(17)12-6-8-16(9-7-12)20(18,19)15(4)5/h10-12H,6-9H2,1-5H3,(H,14,17)/t11-/m1/s1. The summed E-state index contributed by atoms with van der Waals surface area (Å²) in [5.41, 5.74) is 0. The molecule has 0 spiro atoms. The normalized spacial score (nSPS) is 20.4. The zero-order valence-electron chi connectivity index (χ0n) is 13.1. The van der Waals surface area contributed by atoms with Gasteiger partial charge in [0.2, 0.25) is 5.91 Å². The highest BCUT2D eigenvalue weighted by Crippen LogP contribution is 2.21. The molecule has 0 aromatic heterocycles. The summed E-state index contributed by atoms with van der Waals surface area (Å²) in [4.78, 5) is 12.1. The Morgan fingerprint density at radius 3 is 2.10 bits per heavy atom. The maximum atomic E-state index is 12.1. The Morgan fingerprint density at radius 1 is 1.20 bits per heavy atom. The maximum Gasteiger partial charge on any atom is 0.281 e. The smallest absolute Gasteiger partial charge is 0.281 e. The third kappa shape index (κ3) is 4.17. The molecule has 0 saturated carbocycles. The lowest BCUT2D eigenvalue weighted by molar-refractivity contribution is -0.127. The minimum absolute atomic E-state index is 0.0492. The van der Waals surface area contributed by atoms with Gasteiger partial charge in [0, 0.05) is 39.1 Å². The highest BCUT2D eigenvalue weighted by molar-refractivity contribution is 7.86. The molecule has 1 aliphatic heterocycles. The molecule has 1 N–H and O–H groups in total. The molecule has 0 unspecified atom stereocenters. The van der Waals surface area contributed by atoms with E-state index in [9.17, 15) is 13.2 Å². The van der Waals surface area contributed by atoms with Crippen LogP contribution in [0, 0.1) is 11.8 Å². The number of rotatable bonds is 5. The summed E-state index contributed by atoms with van der Waals surface area (Å²) in [5, 5.41) is 3.01. The van der Waals surface area contributed by atoms with Gasteiger partial charge >= 0.3 is 0 Å². The van der Waals surface area contributed by atoms with Gasteiger partial charge in [0.25, 0.3) is 10.2 Å². The van der Waals surface area contributed by atoms with Gasteiger partial charge in [-0.05, 0) is 25.7 Å². The lowest BCUT2D eigenvalue weighted by atomic mass is 9.96. The predicted molar refractivity (Wildman–Crippen MR) is 79.3 cm³/mol. The van der Waals surface area contributed by atoms with Crippen LogP contribution < -0.4 is 5.32 Å². The van der Waals surface area contributed by atoms with Crippen LogP contribution in [0.5, 0.6) is 0 Å². The van der Waals surface area contributed by atoms with Crippen LogP contribution in [-0.2, 0) is 15.0 Å². The predicted octanol–water partition coefficient (Wildman–Crippen LogP) is 0.666. The SMILES string of the molecule is CC(C)[C@@H](C)NC(=O)C1CCN(S(=O)(=O)N(C)C)CC1. The van der Waals surface area contributed by atoms with Gasteiger partial charge in [0.05, 0.1) is 0 Å². The molecule has 1 fully saturated rings. The van der Waals surface area contributed by atoms with Gasteiger partial charge in [-0.25, -0.2) is 0 Å². The highest BCUT2D eigenvalue weighted by atomic mass is 32.2. The molecule has 0 aromatic carbocycles. The van der Waals surface area contributed by atoms with E-state index in [2.05, 4.69) is 19.2 Å². The lowest BCUT2D eigenvalue weighted by Crippen LogP contribution is -2.48. The molecule has 1 amide bonds. The zero-order chi connectivity index (χ0) is 15.5. The summed E-state index contributed by atoms with van der Waals surface area (Å²) < 4.78 is 26.6. The molecule has 1 rings (SSSR count). The molecule has 0 bridgehead atoms. The average Bonchev–Trinajstić information content (AvgIpc) is 2.38. The molecule has 6 nitrogen and oxygen atoms in total. The second kappa shape index (κ2) is 6.87. The summed E-state index contributed by atoms with van der Waals surface area (Å²) in [6.45, 7) is 6.95. The van der Waals surface area contributed by atoms with Crippen molar-refractivity contribution >= 4 is 16.1 Å². The van der Waals surface area contributed by atoms with E-state index in [1.54, 1.807) is 0 Å². The van der Waals surface area contributed by atoms with E-state index in [0.29, 0.717) is 31.8 Å². The Morgan fingerprint density at radius 2 is 1.70 bits per heavy atom. The number of hydrogen-bond acceptors (Lipinski definition) is 3. The molecule has 0 radical (unpaired) electrons. The molecule has 0 aromatic rings. The Bertz CT molecular complexity index is 426. The quantitative estimate of drug-likeness (QED) is 0.811. The van der Waals surface area contributed by atoms with E-state index in [1.807, 2.05) is 6.92 Å². The third-order valence-electron chi connectivity index (χ3n) is 3.98. The van der Waals surface area contributed by atoms with Crippen molar-refractivity contribution in [1.29, 1.82) is 0 Å². The lowest BCUT2D eigenvalue weighted by Gasteiger charge is -2.32. The van der Waals surface area contributed by atoms with Crippen LogP contribution >= 0.6 is 0 Å². The monoisotopic (exact) mass is 305 g/mol. The summed E-state index contributed by atoms with van der Waals surface area (Å²) in [5.74, 6) is 0.367. The minimum Gasteiger partial charge on any atom is -0.353 e. The molecule has 20 heavy (non-hydrogen) atoms. The molecule has 118 valence electrons. The van der Waals surface area contributed by atoms with Gasteiger partial charge in [0.15, 0.2) is 0 Å². The van der Waals surface area contributed by atoms with Crippen molar-refractivity contribution in [3.05, 3.63) is 0 Å². The van der Waals surface area contributed by atoms with E-state index in [4.69, 9.17) is 0 Å². The van der Waals surface area contributed by atoms with E-state index < -0.39 is 10.2 Å². The van der Waals surface area contributed by atoms with Crippen molar-refractivity contribution in [1.82, 2.24) is 13.9 Å². The molecule has 0 aliphatic carbocycles. The topological polar surface area (TPSA) is 69.7 Å². The van der Waals surface area contributed by atoms with E-state index >= 15 is 0 Å². The van der Waals surface area contributed by atoms with E-state index in [0.717, 1.165) is 0 Å². The first-order valence-corrected chi connectivity index (χ1v) is 8.54. The van der Waals surface area contributed by atoms with Crippen LogP contribution in [-0.4, -0.2) is 56.2 Å². The maximum absolute atomic E-state index is 12.1. The van der Waals surface area contributed by atoms with Crippen molar-refractivity contribution in [2.45, 2.75) is 39.7 Å². The van der Waals surface area contributed by atoms with Gasteiger partial charge in [0.1, 0.15) is 0 Å². The van der Waals surface area contributed by atoms with Crippen LogP contribution in [0.2, 0.25) is 0 Å². The van der Waals surface area contributed by atoms with Crippen LogP contribution in [0.15, 0.2) is 0 Å². The minimum atomic E-state index is -3.35. The van der Waals surface area contributed by atoms with Crippen LogP contribution in [0.4, 0.5) is 0 Å². The third-order valence-corrected chi connectivity index (χ3v) is 5.92. The number of nitrogens with zero attached hydrogens (tertiary/aromatic N) is 2. The van der Waals surface area contributed by atoms with Gasteiger partial charge in [-0.2, -0.15) is 17.0 Å². The van der Waals surface area contributed by atoms with E-state index in [-0.39, 0.29) is 17.9 Å². The molecule has 1 atom stereocenters. The van der Waals surface area contributed by atoms with Crippen molar-refractivity contribution in [2.75, 3.05) is 27.2 Å². The Labute approximate surface area is 122 Å². The van der Waals surface area contributed by atoms with Gasteiger partial charge < -0.3 is 5.32 Å². The van der Waals surface area contributed by atoms with E-state index in [1.165, 1.54) is 22.7 Å². The molecule has 1 heterocycles. The summed E-state index contributed by atoms with van der Waals surface area (Å²) >= 11 is 0. The fraction of sp³-hybridized carbons (Fsp3) is 0.923. The van der Waals surface area contributed by atoms with Gasteiger partial charge in [-0.15, -0.1) is 0 Å². The largest absolute Gasteiger partial charge is 0.353 e. The summed E-state index contributed by atoms with van der Waals surface area (Å²) in [6, 6.07) is 0.144. The number of hydrogen-bond donors (Lipinski definition) is 1. The zero-order valence-corrected chi connectivity index (χ0v) is 13.9. The fourth-order valence-corrected chi connectivity index (χ4v) is 3.22. The first kappa shape index (κ1) is 17.4. The van der Waals surface area contributed by atoms with Gasteiger partial charge in [-0.1, -0.05) is 13.8 Å². The number of amides is 1. The number of carbonyl (C=O) groups is 1. The first-order chi connectivity index (χ1) is 9.16. The molecule has 1 saturated heterocycles.